The zero-order valence-corrected chi connectivity index (χ0v) is 13.3. The van der Waals surface area contributed by atoms with Gasteiger partial charge in [-0.2, -0.15) is 0 Å². The van der Waals surface area contributed by atoms with Crippen molar-refractivity contribution in [2.75, 3.05) is 6.61 Å². The van der Waals surface area contributed by atoms with Crippen LogP contribution in [-0.2, 0) is 15.9 Å². The predicted molar refractivity (Wildman–Crippen MR) is 82.0 cm³/mol. The molecule has 4 heteroatoms. The highest BCUT2D eigenvalue weighted by Crippen LogP contribution is 2.23. The van der Waals surface area contributed by atoms with Crippen LogP contribution in [0.1, 0.15) is 39.7 Å². The van der Waals surface area contributed by atoms with Crippen molar-refractivity contribution in [1.82, 2.24) is 4.90 Å². The van der Waals surface area contributed by atoms with E-state index in [0.717, 1.165) is 12.8 Å². The summed E-state index contributed by atoms with van der Waals surface area (Å²) >= 11 is 0. The highest BCUT2D eigenvalue weighted by Gasteiger charge is 2.35. The van der Waals surface area contributed by atoms with E-state index in [1.165, 1.54) is 5.56 Å². The van der Waals surface area contributed by atoms with E-state index in [1.54, 1.807) is 4.90 Å². The van der Waals surface area contributed by atoms with Gasteiger partial charge in [0.1, 0.15) is 11.8 Å². The van der Waals surface area contributed by atoms with Crippen LogP contribution in [0.2, 0.25) is 0 Å². The summed E-state index contributed by atoms with van der Waals surface area (Å²) in [6, 6.07) is 10.3. The van der Waals surface area contributed by atoms with Gasteiger partial charge in [-0.3, -0.25) is 4.90 Å². The molecule has 1 aromatic carbocycles. The molecule has 116 valence electrons. The molecule has 2 atom stereocenters. The van der Waals surface area contributed by atoms with Crippen molar-refractivity contribution in [2.24, 2.45) is 0 Å². The average Bonchev–Trinajstić information content (AvgIpc) is 2.37. The molecule has 1 aromatic rings. The molecule has 0 N–H and O–H groups in total. The second kappa shape index (κ2) is 6.48. The first-order chi connectivity index (χ1) is 9.87. The summed E-state index contributed by atoms with van der Waals surface area (Å²) in [5.41, 5.74) is 0.733. The molecule has 2 unspecified atom stereocenters. The van der Waals surface area contributed by atoms with Crippen LogP contribution >= 0.6 is 0 Å². The molecule has 1 saturated heterocycles. The predicted octanol–water partition coefficient (Wildman–Crippen LogP) is 3.60. The Balaban J connectivity index is 2.11. The lowest BCUT2D eigenvalue weighted by Crippen LogP contribution is -2.53. The fourth-order valence-corrected chi connectivity index (χ4v) is 2.59. The van der Waals surface area contributed by atoms with Crippen molar-refractivity contribution >= 4 is 6.09 Å². The van der Waals surface area contributed by atoms with Crippen LogP contribution in [0.5, 0.6) is 0 Å². The Morgan fingerprint density at radius 3 is 2.62 bits per heavy atom. The summed E-state index contributed by atoms with van der Waals surface area (Å²) < 4.78 is 11.1. The van der Waals surface area contributed by atoms with Crippen LogP contribution in [0.3, 0.4) is 0 Å². The maximum Gasteiger partial charge on any atom is 0.412 e. The zero-order valence-electron chi connectivity index (χ0n) is 13.3. The van der Waals surface area contributed by atoms with Crippen molar-refractivity contribution in [1.29, 1.82) is 0 Å². The molecular weight excluding hydrogens is 266 g/mol. The smallest absolute Gasteiger partial charge is 0.412 e. The molecule has 0 radical (unpaired) electrons. The van der Waals surface area contributed by atoms with Crippen molar-refractivity contribution in [2.45, 2.75) is 58.4 Å². The summed E-state index contributed by atoms with van der Waals surface area (Å²) in [6.07, 6.45) is 1.12. The van der Waals surface area contributed by atoms with E-state index in [9.17, 15) is 4.79 Å². The van der Waals surface area contributed by atoms with Crippen LogP contribution in [0, 0.1) is 0 Å². The Morgan fingerprint density at radius 1 is 1.33 bits per heavy atom. The molecule has 0 saturated carbocycles. The zero-order chi connectivity index (χ0) is 15.5. The maximum atomic E-state index is 12.4. The lowest BCUT2D eigenvalue weighted by Gasteiger charge is -2.41. The van der Waals surface area contributed by atoms with E-state index < -0.39 is 5.60 Å². The van der Waals surface area contributed by atoms with Gasteiger partial charge in [-0.25, -0.2) is 4.79 Å². The molecule has 4 nitrogen and oxygen atoms in total. The van der Waals surface area contributed by atoms with E-state index in [4.69, 9.17) is 9.47 Å². The third kappa shape index (κ3) is 4.46. The first kappa shape index (κ1) is 15.8. The van der Waals surface area contributed by atoms with E-state index >= 15 is 0 Å². The van der Waals surface area contributed by atoms with Gasteiger partial charge >= 0.3 is 6.09 Å². The SMILES string of the molecule is CC1OCCC(Cc2ccccc2)N1C(=O)OC(C)(C)C. The molecule has 0 spiro atoms. The number of carbonyl (C=O) groups excluding carboxylic acids is 1. The number of ether oxygens (including phenoxy) is 2. The number of amides is 1. The van der Waals surface area contributed by atoms with Crippen LogP contribution in [0.15, 0.2) is 30.3 Å². The summed E-state index contributed by atoms with van der Waals surface area (Å²) in [7, 11) is 0. The highest BCUT2D eigenvalue weighted by atomic mass is 16.6. The number of hydrogen-bond donors (Lipinski definition) is 0. The molecule has 0 aromatic heterocycles. The van der Waals surface area contributed by atoms with Gasteiger partial charge in [-0.15, -0.1) is 0 Å². The van der Waals surface area contributed by atoms with Gasteiger partial charge < -0.3 is 9.47 Å². The van der Waals surface area contributed by atoms with Gasteiger partial charge in [0.25, 0.3) is 0 Å². The van der Waals surface area contributed by atoms with Crippen LogP contribution in [0.4, 0.5) is 4.79 Å². The van der Waals surface area contributed by atoms with Crippen LogP contribution in [0.25, 0.3) is 0 Å². The molecule has 1 heterocycles. The standard InChI is InChI=1S/C17H25NO3/c1-13-18(16(19)21-17(2,3)4)15(10-11-20-13)12-14-8-6-5-7-9-14/h5-9,13,15H,10-12H2,1-4H3. The number of nitrogens with zero attached hydrogens (tertiary/aromatic N) is 1. The van der Waals surface area contributed by atoms with Gasteiger partial charge in [0.2, 0.25) is 0 Å². The Labute approximate surface area is 127 Å². The average molecular weight is 291 g/mol. The van der Waals surface area contributed by atoms with Crippen molar-refractivity contribution in [3.05, 3.63) is 35.9 Å². The number of benzene rings is 1. The Kier molecular flexibility index (Phi) is 4.88. The molecule has 0 bridgehead atoms. The van der Waals surface area contributed by atoms with E-state index in [0.29, 0.717) is 6.61 Å². The quantitative estimate of drug-likeness (QED) is 0.835. The minimum absolute atomic E-state index is 0.117. The molecule has 1 aliphatic rings. The molecule has 0 aliphatic carbocycles. The summed E-state index contributed by atoms with van der Waals surface area (Å²) in [6.45, 7) is 8.23. The first-order valence-electron chi connectivity index (χ1n) is 7.53. The third-order valence-electron chi connectivity index (χ3n) is 3.51. The Bertz CT molecular complexity index is 467. The maximum absolute atomic E-state index is 12.4. The number of carbonyl (C=O) groups is 1. The fraction of sp³-hybridized carbons (Fsp3) is 0.588. The van der Waals surface area contributed by atoms with E-state index in [1.807, 2.05) is 45.9 Å². The Hall–Kier alpha value is -1.55. The van der Waals surface area contributed by atoms with Crippen LogP contribution < -0.4 is 0 Å². The van der Waals surface area contributed by atoms with E-state index in [-0.39, 0.29) is 18.4 Å². The third-order valence-corrected chi connectivity index (χ3v) is 3.51. The number of hydrogen-bond acceptors (Lipinski definition) is 3. The second-order valence-corrected chi connectivity index (χ2v) is 6.49. The summed E-state index contributed by atoms with van der Waals surface area (Å²) in [5, 5.41) is 0. The molecular formula is C17H25NO3. The van der Waals surface area contributed by atoms with Crippen molar-refractivity contribution in [3.63, 3.8) is 0 Å². The monoisotopic (exact) mass is 291 g/mol. The molecule has 1 fully saturated rings. The lowest BCUT2D eigenvalue weighted by molar-refractivity contribution is -0.109. The highest BCUT2D eigenvalue weighted by molar-refractivity contribution is 5.69. The summed E-state index contributed by atoms with van der Waals surface area (Å²) in [4.78, 5) is 14.2. The second-order valence-electron chi connectivity index (χ2n) is 6.49. The van der Waals surface area contributed by atoms with E-state index in [2.05, 4.69) is 12.1 Å². The van der Waals surface area contributed by atoms with Gasteiger partial charge in [-0.05, 0) is 46.1 Å². The largest absolute Gasteiger partial charge is 0.444 e. The van der Waals surface area contributed by atoms with Gasteiger partial charge in [0.05, 0.1) is 6.61 Å². The molecule has 21 heavy (non-hydrogen) atoms. The molecule has 1 aliphatic heterocycles. The minimum atomic E-state index is -0.494. The van der Waals surface area contributed by atoms with Gasteiger partial charge in [0, 0.05) is 6.04 Å². The van der Waals surface area contributed by atoms with Gasteiger partial charge in [-0.1, -0.05) is 30.3 Å². The fourth-order valence-electron chi connectivity index (χ4n) is 2.59. The van der Waals surface area contributed by atoms with Crippen molar-refractivity contribution in [3.8, 4) is 0 Å². The molecule has 1 amide bonds. The van der Waals surface area contributed by atoms with Crippen molar-refractivity contribution < 1.29 is 14.3 Å². The summed E-state index contributed by atoms with van der Waals surface area (Å²) in [5.74, 6) is 0. The molecule has 2 rings (SSSR count). The van der Waals surface area contributed by atoms with Crippen LogP contribution in [-0.4, -0.2) is 35.5 Å². The van der Waals surface area contributed by atoms with Gasteiger partial charge in [0.15, 0.2) is 0 Å². The Morgan fingerprint density at radius 2 is 2.00 bits per heavy atom. The lowest BCUT2D eigenvalue weighted by atomic mass is 10.0. The first-order valence-corrected chi connectivity index (χ1v) is 7.53. The minimum Gasteiger partial charge on any atom is -0.444 e. The topological polar surface area (TPSA) is 38.8 Å². The normalized spacial score (nSPS) is 23.0. The number of rotatable bonds is 2.